The van der Waals surface area contributed by atoms with Crippen LogP contribution < -0.4 is 5.32 Å². The molecule has 2 rings (SSSR count). The van der Waals surface area contributed by atoms with Crippen LogP contribution in [0.25, 0.3) is 0 Å². The van der Waals surface area contributed by atoms with Crippen molar-refractivity contribution >= 4 is 21.8 Å². The number of carbonyl (C=O) groups excluding carboxylic acids is 1. The third-order valence-electron chi connectivity index (χ3n) is 2.78. The van der Waals surface area contributed by atoms with Gasteiger partial charge in [0.1, 0.15) is 0 Å². The topological polar surface area (TPSA) is 32.3 Å². The number of hydrogen-bond donors (Lipinski definition) is 1. The second kappa shape index (κ2) is 5.46. The highest BCUT2D eigenvalue weighted by atomic mass is 79.9. The molecule has 1 N–H and O–H groups in total. The number of nitrogens with zero attached hydrogens (tertiary/aromatic N) is 1. The average molecular weight is 283 g/mol. The average Bonchev–Trinajstić information content (AvgIpc) is 2.39. The first-order valence-corrected chi connectivity index (χ1v) is 6.40. The van der Waals surface area contributed by atoms with Crippen LogP contribution in [0.2, 0.25) is 0 Å². The molecule has 0 radical (unpaired) electrons. The molecule has 86 valence electrons. The number of piperazine rings is 1. The fourth-order valence-corrected chi connectivity index (χ4v) is 2.21. The van der Waals surface area contributed by atoms with Gasteiger partial charge in [-0.2, -0.15) is 0 Å². The SMILES string of the molecule is O=C(C1=CC(=CBr)CC=C1)N1CCNCC1. The second-order valence-electron chi connectivity index (χ2n) is 3.93. The Bertz CT molecular complexity index is 365. The third-order valence-corrected chi connectivity index (χ3v) is 3.37. The van der Waals surface area contributed by atoms with E-state index in [0.717, 1.165) is 43.7 Å². The van der Waals surface area contributed by atoms with Crippen LogP contribution in [0.1, 0.15) is 6.42 Å². The molecule has 3 nitrogen and oxygen atoms in total. The van der Waals surface area contributed by atoms with E-state index in [1.165, 1.54) is 0 Å². The van der Waals surface area contributed by atoms with Gasteiger partial charge >= 0.3 is 0 Å². The summed E-state index contributed by atoms with van der Waals surface area (Å²) in [5, 5.41) is 3.24. The predicted octanol–water partition coefficient (Wildman–Crippen LogP) is 1.58. The summed E-state index contributed by atoms with van der Waals surface area (Å²) in [6.45, 7) is 3.39. The highest BCUT2D eigenvalue weighted by Gasteiger charge is 2.19. The maximum atomic E-state index is 12.2. The largest absolute Gasteiger partial charge is 0.336 e. The van der Waals surface area contributed by atoms with Crippen molar-refractivity contribution in [3.63, 3.8) is 0 Å². The fourth-order valence-electron chi connectivity index (χ4n) is 1.89. The van der Waals surface area contributed by atoms with E-state index in [1.54, 1.807) is 0 Å². The summed E-state index contributed by atoms with van der Waals surface area (Å²) in [7, 11) is 0. The van der Waals surface area contributed by atoms with Gasteiger partial charge in [0, 0.05) is 31.8 Å². The molecule has 4 heteroatoms. The van der Waals surface area contributed by atoms with Crippen LogP contribution in [0.4, 0.5) is 0 Å². The Labute approximate surface area is 104 Å². The number of rotatable bonds is 1. The van der Waals surface area contributed by atoms with Crippen molar-refractivity contribution in [2.45, 2.75) is 6.42 Å². The number of nitrogens with one attached hydrogen (secondary N) is 1. The van der Waals surface area contributed by atoms with Crippen LogP contribution in [0.15, 0.2) is 34.4 Å². The number of allylic oxidation sites excluding steroid dienone is 3. The lowest BCUT2D eigenvalue weighted by molar-refractivity contribution is -0.127. The molecule has 0 bridgehead atoms. The zero-order valence-electron chi connectivity index (χ0n) is 9.08. The highest BCUT2D eigenvalue weighted by Crippen LogP contribution is 2.18. The maximum Gasteiger partial charge on any atom is 0.253 e. The minimum atomic E-state index is 0.143. The molecule has 0 unspecified atom stereocenters. The van der Waals surface area contributed by atoms with Gasteiger partial charge in [-0.25, -0.2) is 0 Å². The Morgan fingerprint density at radius 2 is 2.19 bits per heavy atom. The molecule has 0 saturated carbocycles. The minimum Gasteiger partial charge on any atom is -0.336 e. The summed E-state index contributed by atoms with van der Waals surface area (Å²) in [5.41, 5.74) is 1.93. The van der Waals surface area contributed by atoms with Crippen LogP contribution >= 0.6 is 15.9 Å². The summed E-state index contributed by atoms with van der Waals surface area (Å²) in [6.07, 6.45) is 6.80. The van der Waals surface area contributed by atoms with Crippen molar-refractivity contribution in [2.75, 3.05) is 26.2 Å². The van der Waals surface area contributed by atoms with Gasteiger partial charge in [0.05, 0.1) is 0 Å². The van der Waals surface area contributed by atoms with E-state index in [2.05, 4.69) is 21.2 Å². The summed E-state index contributed by atoms with van der Waals surface area (Å²) < 4.78 is 0. The van der Waals surface area contributed by atoms with Crippen LogP contribution in [0, 0.1) is 0 Å². The first kappa shape index (κ1) is 11.6. The van der Waals surface area contributed by atoms with Crippen molar-refractivity contribution in [3.8, 4) is 0 Å². The summed E-state index contributed by atoms with van der Waals surface area (Å²) in [4.78, 5) is 15.9. The van der Waals surface area contributed by atoms with Crippen molar-refractivity contribution in [2.24, 2.45) is 0 Å². The van der Waals surface area contributed by atoms with Crippen LogP contribution in [-0.4, -0.2) is 37.0 Å². The molecular formula is C12H15BrN2O. The van der Waals surface area contributed by atoms with E-state index < -0.39 is 0 Å². The molecule has 1 aliphatic carbocycles. The predicted molar refractivity (Wildman–Crippen MR) is 68.3 cm³/mol. The number of hydrogen-bond acceptors (Lipinski definition) is 2. The van der Waals surface area contributed by atoms with E-state index in [4.69, 9.17) is 0 Å². The Kier molecular flexibility index (Phi) is 3.96. The van der Waals surface area contributed by atoms with Gasteiger partial charge < -0.3 is 10.2 Å². The lowest BCUT2D eigenvalue weighted by Gasteiger charge is -2.28. The molecule has 0 aromatic heterocycles. The molecular weight excluding hydrogens is 268 g/mol. The fraction of sp³-hybridized carbons (Fsp3) is 0.417. The van der Waals surface area contributed by atoms with E-state index >= 15 is 0 Å². The van der Waals surface area contributed by atoms with Crippen molar-refractivity contribution in [1.82, 2.24) is 10.2 Å². The number of carbonyl (C=O) groups is 1. The van der Waals surface area contributed by atoms with Gasteiger partial charge in [0.2, 0.25) is 0 Å². The smallest absolute Gasteiger partial charge is 0.253 e. The number of amides is 1. The number of halogens is 1. The molecule has 1 heterocycles. The molecule has 1 amide bonds. The van der Waals surface area contributed by atoms with Gasteiger partial charge in [0.15, 0.2) is 0 Å². The first-order chi connectivity index (χ1) is 7.81. The first-order valence-electron chi connectivity index (χ1n) is 5.49. The lowest BCUT2D eigenvalue weighted by Crippen LogP contribution is -2.46. The Balaban J connectivity index is 2.09. The van der Waals surface area contributed by atoms with Gasteiger partial charge in [-0.05, 0) is 23.1 Å². The van der Waals surface area contributed by atoms with Crippen molar-refractivity contribution < 1.29 is 4.79 Å². The lowest BCUT2D eigenvalue weighted by atomic mass is 10.0. The van der Waals surface area contributed by atoms with Gasteiger partial charge in [0.25, 0.3) is 5.91 Å². The van der Waals surface area contributed by atoms with Crippen LogP contribution in [0.5, 0.6) is 0 Å². The molecule has 1 aliphatic heterocycles. The van der Waals surface area contributed by atoms with E-state index in [0.29, 0.717) is 0 Å². The summed E-state index contributed by atoms with van der Waals surface area (Å²) in [5.74, 6) is 0.143. The normalized spacial score (nSPS) is 23.4. The quantitative estimate of drug-likeness (QED) is 0.792. The molecule has 1 fully saturated rings. The monoisotopic (exact) mass is 282 g/mol. The third kappa shape index (κ3) is 2.62. The summed E-state index contributed by atoms with van der Waals surface area (Å²) >= 11 is 3.31. The zero-order valence-corrected chi connectivity index (χ0v) is 10.7. The molecule has 2 aliphatic rings. The van der Waals surface area contributed by atoms with Crippen molar-refractivity contribution in [3.05, 3.63) is 34.4 Å². The Morgan fingerprint density at radius 3 is 2.88 bits per heavy atom. The van der Waals surface area contributed by atoms with E-state index in [9.17, 15) is 4.79 Å². The van der Waals surface area contributed by atoms with Gasteiger partial charge in [-0.1, -0.05) is 28.1 Å². The Hall–Kier alpha value is -0.870. The maximum absolute atomic E-state index is 12.2. The summed E-state index contributed by atoms with van der Waals surface area (Å²) in [6, 6.07) is 0. The standard InChI is InChI=1S/C12H15BrN2O/c13-9-10-2-1-3-11(8-10)12(16)15-6-4-14-5-7-15/h1,3,8-9,14H,2,4-7H2. The van der Waals surface area contributed by atoms with Crippen LogP contribution in [-0.2, 0) is 4.79 Å². The van der Waals surface area contributed by atoms with Gasteiger partial charge in [-0.3, -0.25) is 4.79 Å². The van der Waals surface area contributed by atoms with E-state index in [-0.39, 0.29) is 5.91 Å². The van der Waals surface area contributed by atoms with Crippen molar-refractivity contribution in [1.29, 1.82) is 0 Å². The molecule has 0 aromatic carbocycles. The molecule has 1 saturated heterocycles. The second-order valence-corrected chi connectivity index (χ2v) is 4.39. The van der Waals surface area contributed by atoms with E-state index in [1.807, 2.05) is 28.1 Å². The molecule has 0 aromatic rings. The highest BCUT2D eigenvalue weighted by molar-refractivity contribution is 9.11. The molecule has 0 atom stereocenters. The zero-order chi connectivity index (χ0) is 11.4. The van der Waals surface area contributed by atoms with Crippen LogP contribution in [0.3, 0.4) is 0 Å². The van der Waals surface area contributed by atoms with Gasteiger partial charge in [-0.15, -0.1) is 0 Å². The minimum absolute atomic E-state index is 0.143. The molecule has 0 spiro atoms. The molecule has 16 heavy (non-hydrogen) atoms. The Morgan fingerprint density at radius 1 is 1.44 bits per heavy atom.